The van der Waals surface area contributed by atoms with E-state index in [1.165, 1.54) is 12.0 Å². The highest BCUT2D eigenvalue weighted by molar-refractivity contribution is 5.76. The first-order chi connectivity index (χ1) is 9.74. The van der Waals surface area contributed by atoms with Gasteiger partial charge in [-0.15, -0.1) is 0 Å². The van der Waals surface area contributed by atoms with Crippen LogP contribution in [0.1, 0.15) is 30.7 Å². The van der Waals surface area contributed by atoms with E-state index in [0.717, 1.165) is 44.9 Å². The second-order valence-corrected chi connectivity index (χ2v) is 6.24. The van der Waals surface area contributed by atoms with Crippen LogP contribution in [0.25, 0.3) is 0 Å². The van der Waals surface area contributed by atoms with Crippen LogP contribution < -0.4 is 0 Å². The molecule has 2 aliphatic rings. The molecular formula is C17H24N2O. The largest absolute Gasteiger partial charge is 0.340 e. The minimum Gasteiger partial charge on any atom is -0.340 e. The maximum absolute atomic E-state index is 12.2. The van der Waals surface area contributed by atoms with Gasteiger partial charge in [-0.1, -0.05) is 30.3 Å². The number of nitrogens with zero attached hydrogens (tertiary/aromatic N) is 2. The Kier molecular flexibility index (Phi) is 4.06. The van der Waals surface area contributed by atoms with Crippen molar-refractivity contribution >= 4 is 5.91 Å². The number of carbonyl (C=O) groups is 1. The molecule has 1 amide bonds. The van der Waals surface area contributed by atoms with Gasteiger partial charge in [0.15, 0.2) is 0 Å². The number of rotatable bonds is 4. The highest BCUT2D eigenvalue weighted by Gasteiger charge is 2.38. The fourth-order valence-electron chi connectivity index (χ4n) is 3.20. The van der Waals surface area contributed by atoms with E-state index in [1.807, 2.05) is 4.90 Å². The summed E-state index contributed by atoms with van der Waals surface area (Å²) in [6.45, 7) is 3.84. The third-order valence-electron chi connectivity index (χ3n) is 4.74. The van der Waals surface area contributed by atoms with Crippen molar-refractivity contribution in [3.05, 3.63) is 35.9 Å². The Labute approximate surface area is 121 Å². The van der Waals surface area contributed by atoms with Gasteiger partial charge in [-0.3, -0.25) is 4.79 Å². The van der Waals surface area contributed by atoms with E-state index in [4.69, 9.17) is 0 Å². The average molecular weight is 272 g/mol. The maximum Gasteiger partial charge on any atom is 0.222 e. The number of carbonyl (C=O) groups excluding carboxylic acids is 1. The monoisotopic (exact) mass is 272 g/mol. The van der Waals surface area contributed by atoms with Crippen molar-refractivity contribution in [1.29, 1.82) is 0 Å². The summed E-state index contributed by atoms with van der Waals surface area (Å²) in [5.41, 5.74) is 1.45. The second kappa shape index (κ2) is 5.96. The number of amides is 1. The molecule has 0 radical (unpaired) electrons. The molecule has 0 spiro atoms. The molecule has 3 rings (SSSR count). The zero-order valence-corrected chi connectivity index (χ0v) is 12.3. The van der Waals surface area contributed by atoms with Crippen molar-refractivity contribution in [2.45, 2.75) is 25.2 Å². The molecular weight excluding hydrogens is 248 g/mol. The lowest BCUT2D eigenvalue weighted by atomic mass is 10.1. The van der Waals surface area contributed by atoms with E-state index >= 15 is 0 Å². The van der Waals surface area contributed by atoms with Gasteiger partial charge < -0.3 is 9.80 Å². The molecule has 20 heavy (non-hydrogen) atoms. The van der Waals surface area contributed by atoms with Crippen LogP contribution in [0.15, 0.2) is 30.3 Å². The van der Waals surface area contributed by atoms with Gasteiger partial charge in [0, 0.05) is 32.6 Å². The van der Waals surface area contributed by atoms with Crippen LogP contribution in [-0.4, -0.2) is 48.9 Å². The van der Waals surface area contributed by atoms with E-state index in [2.05, 4.69) is 42.3 Å². The van der Waals surface area contributed by atoms with Crippen LogP contribution in [0, 0.1) is 5.92 Å². The van der Waals surface area contributed by atoms with Crippen molar-refractivity contribution in [3.8, 4) is 0 Å². The number of hydrogen-bond acceptors (Lipinski definition) is 2. The highest BCUT2D eigenvalue weighted by Crippen LogP contribution is 2.50. The summed E-state index contributed by atoms with van der Waals surface area (Å²) < 4.78 is 0. The fourth-order valence-corrected chi connectivity index (χ4v) is 3.20. The molecule has 1 saturated heterocycles. The molecule has 3 nitrogen and oxygen atoms in total. The molecule has 2 fully saturated rings. The first-order valence-electron chi connectivity index (χ1n) is 7.75. The average Bonchev–Trinajstić information content (AvgIpc) is 3.26. The quantitative estimate of drug-likeness (QED) is 0.840. The van der Waals surface area contributed by atoms with Crippen molar-refractivity contribution in [2.24, 2.45) is 5.92 Å². The number of likely N-dealkylation sites (N-methyl/N-ethyl adjacent to an activating group) is 1. The Morgan fingerprint density at radius 2 is 1.85 bits per heavy atom. The number of hydrogen-bond donors (Lipinski definition) is 0. The Bertz CT molecular complexity index is 451. The molecule has 1 aliphatic heterocycles. The third kappa shape index (κ3) is 3.21. The minimum atomic E-state index is 0.358. The van der Waals surface area contributed by atoms with Crippen LogP contribution in [0.4, 0.5) is 0 Å². The molecule has 2 atom stereocenters. The highest BCUT2D eigenvalue weighted by atomic mass is 16.2. The summed E-state index contributed by atoms with van der Waals surface area (Å²) in [6.07, 6.45) is 3.06. The molecule has 1 heterocycles. The van der Waals surface area contributed by atoms with E-state index in [1.54, 1.807) is 0 Å². The van der Waals surface area contributed by atoms with Crippen molar-refractivity contribution in [3.63, 3.8) is 0 Å². The van der Waals surface area contributed by atoms with Gasteiger partial charge in [0.05, 0.1) is 0 Å². The predicted molar refractivity (Wildman–Crippen MR) is 80.6 cm³/mol. The molecule has 0 aromatic heterocycles. The van der Waals surface area contributed by atoms with Gasteiger partial charge in [-0.2, -0.15) is 0 Å². The first kappa shape index (κ1) is 13.6. The summed E-state index contributed by atoms with van der Waals surface area (Å²) >= 11 is 0. The van der Waals surface area contributed by atoms with Crippen LogP contribution >= 0.6 is 0 Å². The van der Waals surface area contributed by atoms with Crippen LogP contribution in [0.5, 0.6) is 0 Å². The Hall–Kier alpha value is -1.35. The lowest BCUT2D eigenvalue weighted by molar-refractivity contribution is -0.132. The zero-order chi connectivity index (χ0) is 13.9. The van der Waals surface area contributed by atoms with Gasteiger partial charge in [0.25, 0.3) is 0 Å². The number of piperazine rings is 1. The number of benzene rings is 1. The summed E-state index contributed by atoms with van der Waals surface area (Å²) in [4.78, 5) is 16.5. The van der Waals surface area contributed by atoms with Gasteiger partial charge in [0.1, 0.15) is 0 Å². The van der Waals surface area contributed by atoms with Crippen LogP contribution in [0.3, 0.4) is 0 Å². The first-order valence-corrected chi connectivity index (χ1v) is 7.75. The summed E-state index contributed by atoms with van der Waals surface area (Å²) in [6, 6.07) is 10.7. The molecule has 1 saturated carbocycles. The molecule has 2 unspecified atom stereocenters. The summed E-state index contributed by atoms with van der Waals surface area (Å²) in [5, 5.41) is 0. The molecule has 108 valence electrons. The van der Waals surface area contributed by atoms with Gasteiger partial charge >= 0.3 is 0 Å². The van der Waals surface area contributed by atoms with Crippen molar-refractivity contribution < 1.29 is 4.79 Å². The lowest BCUT2D eigenvalue weighted by Gasteiger charge is -2.32. The van der Waals surface area contributed by atoms with E-state index in [9.17, 15) is 4.79 Å². The van der Waals surface area contributed by atoms with Crippen LogP contribution in [0.2, 0.25) is 0 Å². The molecule has 1 aromatic rings. The smallest absolute Gasteiger partial charge is 0.222 e. The van der Waals surface area contributed by atoms with E-state index in [-0.39, 0.29) is 0 Å². The summed E-state index contributed by atoms with van der Waals surface area (Å²) in [7, 11) is 2.12. The summed E-state index contributed by atoms with van der Waals surface area (Å²) in [5.74, 6) is 1.79. The molecule has 0 bridgehead atoms. The molecule has 1 aromatic carbocycles. The van der Waals surface area contributed by atoms with Crippen molar-refractivity contribution in [2.75, 3.05) is 33.2 Å². The maximum atomic E-state index is 12.2. The Morgan fingerprint density at radius 3 is 2.55 bits per heavy atom. The standard InChI is InChI=1S/C17H24N2O/c1-18-9-11-19(12-10-18)17(20)8-7-15-13-16(15)14-5-3-2-4-6-14/h2-6,15-16H,7-13H2,1H3. The lowest BCUT2D eigenvalue weighted by Crippen LogP contribution is -2.47. The van der Waals surface area contributed by atoms with E-state index < -0.39 is 0 Å². The Morgan fingerprint density at radius 1 is 1.15 bits per heavy atom. The molecule has 1 aliphatic carbocycles. The van der Waals surface area contributed by atoms with Gasteiger partial charge in [0.2, 0.25) is 5.91 Å². The van der Waals surface area contributed by atoms with Crippen LogP contribution in [-0.2, 0) is 4.79 Å². The second-order valence-electron chi connectivity index (χ2n) is 6.24. The minimum absolute atomic E-state index is 0.358. The normalized spacial score (nSPS) is 26.6. The van der Waals surface area contributed by atoms with Crippen molar-refractivity contribution in [1.82, 2.24) is 9.80 Å². The zero-order valence-electron chi connectivity index (χ0n) is 12.3. The predicted octanol–water partition coefficient (Wildman–Crippen LogP) is 2.34. The molecule has 3 heteroatoms. The Balaban J connectivity index is 1.41. The van der Waals surface area contributed by atoms with E-state index in [0.29, 0.717) is 11.8 Å². The van der Waals surface area contributed by atoms with Gasteiger partial charge in [-0.05, 0) is 37.3 Å². The fraction of sp³-hybridized carbons (Fsp3) is 0.588. The topological polar surface area (TPSA) is 23.6 Å². The molecule has 0 N–H and O–H groups in total. The van der Waals surface area contributed by atoms with Gasteiger partial charge in [-0.25, -0.2) is 0 Å². The SMILES string of the molecule is CN1CCN(C(=O)CCC2CC2c2ccccc2)CC1. The third-order valence-corrected chi connectivity index (χ3v) is 4.74.